The van der Waals surface area contributed by atoms with Gasteiger partial charge in [-0.1, -0.05) is 13.3 Å². The normalized spacial score (nSPS) is 12.3. The smallest absolute Gasteiger partial charge is 0.182 e. The van der Waals surface area contributed by atoms with Crippen LogP contribution in [0.3, 0.4) is 0 Å². The maximum Gasteiger partial charge on any atom is 0.182 e. The third-order valence-corrected chi connectivity index (χ3v) is 3.31. The monoisotopic (exact) mass is 291 g/mol. The Hall–Kier alpha value is -2.15. The minimum atomic E-state index is 0.105. The van der Waals surface area contributed by atoms with Gasteiger partial charge in [0.1, 0.15) is 5.75 Å². The average Bonchev–Trinajstić information content (AvgIpc) is 2.96. The number of tetrazole rings is 1. The van der Waals surface area contributed by atoms with Gasteiger partial charge >= 0.3 is 0 Å². The Morgan fingerprint density at radius 2 is 2.14 bits per heavy atom. The van der Waals surface area contributed by atoms with E-state index in [2.05, 4.69) is 22.4 Å². The lowest BCUT2D eigenvalue weighted by molar-refractivity contribution is 0.144. The van der Waals surface area contributed by atoms with E-state index in [1.807, 2.05) is 18.2 Å². The number of methoxy groups -OCH3 is 2. The van der Waals surface area contributed by atoms with Crippen LogP contribution < -0.4 is 10.5 Å². The van der Waals surface area contributed by atoms with E-state index in [0.29, 0.717) is 23.9 Å². The molecule has 7 heteroatoms. The average molecular weight is 291 g/mol. The minimum absolute atomic E-state index is 0.105. The molecule has 0 bridgehead atoms. The highest BCUT2D eigenvalue weighted by atomic mass is 16.5. The molecule has 1 atom stereocenters. The van der Waals surface area contributed by atoms with Crippen molar-refractivity contribution in [3.8, 4) is 17.1 Å². The Morgan fingerprint density at radius 1 is 1.33 bits per heavy atom. The quantitative estimate of drug-likeness (QED) is 0.784. The SMILES string of the molecule is CCCC(COC)n1nnnc1-c1ccc(OC)c(N)c1. The first kappa shape index (κ1) is 15.2. The zero-order valence-electron chi connectivity index (χ0n) is 12.6. The van der Waals surface area contributed by atoms with E-state index < -0.39 is 0 Å². The molecule has 0 radical (unpaired) electrons. The highest BCUT2D eigenvalue weighted by Crippen LogP contribution is 2.28. The Kier molecular flexibility index (Phi) is 5.10. The maximum atomic E-state index is 5.95. The number of benzene rings is 1. The zero-order chi connectivity index (χ0) is 15.2. The lowest BCUT2D eigenvalue weighted by atomic mass is 10.1. The first-order valence-corrected chi connectivity index (χ1v) is 6.92. The second-order valence-corrected chi connectivity index (χ2v) is 4.80. The number of nitrogen functional groups attached to an aromatic ring is 1. The van der Waals surface area contributed by atoms with Crippen molar-refractivity contribution in [1.82, 2.24) is 20.2 Å². The van der Waals surface area contributed by atoms with Gasteiger partial charge in [-0.15, -0.1) is 5.10 Å². The predicted molar refractivity (Wildman–Crippen MR) is 80.0 cm³/mol. The van der Waals surface area contributed by atoms with Crippen molar-refractivity contribution in [3.05, 3.63) is 18.2 Å². The Morgan fingerprint density at radius 3 is 2.76 bits per heavy atom. The minimum Gasteiger partial charge on any atom is -0.495 e. The van der Waals surface area contributed by atoms with Gasteiger partial charge in [0.05, 0.1) is 25.4 Å². The van der Waals surface area contributed by atoms with Crippen LogP contribution in [0.1, 0.15) is 25.8 Å². The lowest BCUT2D eigenvalue weighted by Crippen LogP contribution is -2.17. The molecule has 0 aliphatic carbocycles. The summed E-state index contributed by atoms with van der Waals surface area (Å²) in [6.45, 7) is 2.69. The zero-order valence-corrected chi connectivity index (χ0v) is 12.6. The molecule has 7 nitrogen and oxygen atoms in total. The molecule has 2 N–H and O–H groups in total. The van der Waals surface area contributed by atoms with Crippen LogP contribution >= 0.6 is 0 Å². The Bertz CT molecular complexity index is 578. The van der Waals surface area contributed by atoms with Gasteiger partial charge in [-0.25, -0.2) is 4.68 Å². The topological polar surface area (TPSA) is 88.1 Å². The van der Waals surface area contributed by atoms with Gasteiger partial charge < -0.3 is 15.2 Å². The van der Waals surface area contributed by atoms with Crippen molar-refractivity contribution in [2.24, 2.45) is 0 Å². The number of hydrogen-bond acceptors (Lipinski definition) is 6. The largest absolute Gasteiger partial charge is 0.495 e. The molecule has 2 aromatic rings. The molecule has 1 aromatic carbocycles. The van der Waals surface area contributed by atoms with Crippen molar-refractivity contribution in [2.75, 3.05) is 26.6 Å². The number of anilines is 1. The molecular formula is C14H21N5O2. The van der Waals surface area contributed by atoms with E-state index in [9.17, 15) is 0 Å². The van der Waals surface area contributed by atoms with Crippen molar-refractivity contribution in [1.29, 1.82) is 0 Å². The van der Waals surface area contributed by atoms with Crippen LogP contribution in [0.2, 0.25) is 0 Å². The summed E-state index contributed by atoms with van der Waals surface area (Å²) in [5, 5.41) is 12.0. The summed E-state index contributed by atoms with van der Waals surface area (Å²) in [6, 6.07) is 5.63. The summed E-state index contributed by atoms with van der Waals surface area (Å²) >= 11 is 0. The van der Waals surface area contributed by atoms with Crippen molar-refractivity contribution in [2.45, 2.75) is 25.8 Å². The summed E-state index contributed by atoms with van der Waals surface area (Å²) in [4.78, 5) is 0. The van der Waals surface area contributed by atoms with Crippen LogP contribution in [0.4, 0.5) is 5.69 Å². The van der Waals surface area contributed by atoms with E-state index >= 15 is 0 Å². The van der Waals surface area contributed by atoms with E-state index in [-0.39, 0.29) is 6.04 Å². The van der Waals surface area contributed by atoms with Gasteiger partial charge in [0.25, 0.3) is 0 Å². The number of ether oxygens (including phenoxy) is 2. The molecule has 0 fully saturated rings. The number of aromatic nitrogens is 4. The lowest BCUT2D eigenvalue weighted by Gasteiger charge is -2.17. The molecule has 0 spiro atoms. The van der Waals surface area contributed by atoms with Crippen LogP contribution in [0.15, 0.2) is 18.2 Å². The molecule has 1 heterocycles. The highest BCUT2D eigenvalue weighted by molar-refractivity contribution is 5.66. The van der Waals surface area contributed by atoms with Gasteiger partial charge in [-0.05, 0) is 35.0 Å². The van der Waals surface area contributed by atoms with Gasteiger partial charge in [-0.2, -0.15) is 0 Å². The number of hydrogen-bond donors (Lipinski definition) is 1. The van der Waals surface area contributed by atoms with E-state index in [4.69, 9.17) is 15.2 Å². The molecule has 0 saturated carbocycles. The summed E-state index contributed by atoms with van der Waals surface area (Å²) in [6.07, 6.45) is 1.97. The predicted octanol–water partition coefficient (Wildman–Crippen LogP) is 1.92. The van der Waals surface area contributed by atoms with Gasteiger partial charge in [0.15, 0.2) is 5.82 Å². The fourth-order valence-electron chi connectivity index (χ4n) is 2.30. The molecule has 0 aliphatic heterocycles. The number of nitrogens with two attached hydrogens (primary N) is 1. The highest BCUT2D eigenvalue weighted by Gasteiger charge is 2.18. The third-order valence-electron chi connectivity index (χ3n) is 3.31. The molecule has 0 saturated heterocycles. The molecular weight excluding hydrogens is 270 g/mol. The summed E-state index contributed by atoms with van der Waals surface area (Å²) in [5.41, 5.74) is 7.37. The van der Waals surface area contributed by atoms with Crippen LogP contribution in [-0.4, -0.2) is 41.0 Å². The van der Waals surface area contributed by atoms with E-state index in [0.717, 1.165) is 18.4 Å². The standard InChI is InChI=1S/C14H21N5O2/c1-4-5-11(9-20-2)19-14(16-17-18-19)10-6-7-13(21-3)12(15)8-10/h6-8,11H,4-5,9,15H2,1-3H3. The summed E-state index contributed by atoms with van der Waals surface area (Å²) < 4.78 is 12.2. The number of nitrogens with zero attached hydrogens (tertiary/aromatic N) is 4. The van der Waals surface area contributed by atoms with Crippen LogP contribution in [0, 0.1) is 0 Å². The van der Waals surface area contributed by atoms with Crippen molar-refractivity contribution >= 4 is 5.69 Å². The van der Waals surface area contributed by atoms with Gasteiger partial charge in [0, 0.05) is 12.7 Å². The molecule has 0 aliphatic rings. The molecule has 114 valence electrons. The molecule has 21 heavy (non-hydrogen) atoms. The first-order valence-electron chi connectivity index (χ1n) is 6.92. The Labute approximate surface area is 124 Å². The molecule has 1 unspecified atom stereocenters. The van der Waals surface area contributed by atoms with Crippen LogP contribution in [-0.2, 0) is 4.74 Å². The van der Waals surface area contributed by atoms with Gasteiger partial charge in [0.2, 0.25) is 0 Å². The fraction of sp³-hybridized carbons (Fsp3) is 0.500. The van der Waals surface area contributed by atoms with Crippen molar-refractivity contribution in [3.63, 3.8) is 0 Å². The van der Waals surface area contributed by atoms with E-state index in [1.165, 1.54) is 0 Å². The molecule has 1 aromatic heterocycles. The van der Waals surface area contributed by atoms with E-state index in [1.54, 1.807) is 18.9 Å². The first-order chi connectivity index (χ1) is 10.2. The van der Waals surface area contributed by atoms with Crippen molar-refractivity contribution < 1.29 is 9.47 Å². The summed E-state index contributed by atoms with van der Waals surface area (Å²) in [7, 11) is 3.27. The second-order valence-electron chi connectivity index (χ2n) is 4.80. The summed E-state index contributed by atoms with van der Waals surface area (Å²) in [5.74, 6) is 1.32. The number of rotatable bonds is 7. The van der Waals surface area contributed by atoms with Crippen LogP contribution in [0.5, 0.6) is 5.75 Å². The second kappa shape index (κ2) is 7.03. The molecule has 0 amide bonds. The maximum absolute atomic E-state index is 5.95. The van der Waals surface area contributed by atoms with Crippen LogP contribution in [0.25, 0.3) is 11.4 Å². The third kappa shape index (κ3) is 3.30. The van der Waals surface area contributed by atoms with Gasteiger partial charge in [-0.3, -0.25) is 0 Å². The fourth-order valence-corrected chi connectivity index (χ4v) is 2.30. The molecule has 2 rings (SSSR count). The Balaban J connectivity index is 2.36.